The Morgan fingerprint density at radius 3 is 2.71 bits per heavy atom. The van der Waals surface area contributed by atoms with E-state index in [2.05, 4.69) is 23.8 Å². The predicted molar refractivity (Wildman–Crippen MR) is 96.9 cm³/mol. The van der Waals surface area contributed by atoms with Crippen LogP contribution in [0, 0.1) is 0 Å². The fraction of sp³-hybridized carbons (Fsp3) is 0.263. The topological polar surface area (TPSA) is 44.2 Å². The lowest BCUT2D eigenvalue weighted by molar-refractivity contribution is 0.218. The molecule has 24 heavy (non-hydrogen) atoms. The first-order chi connectivity index (χ1) is 11.6. The van der Waals surface area contributed by atoms with Crippen molar-refractivity contribution >= 4 is 22.5 Å². The van der Waals surface area contributed by atoms with Crippen LogP contribution in [0.1, 0.15) is 20.3 Å². The zero-order valence-corrected chi connectivity index (χ0v) is 14.7. The van der Waals surface area contributed by atoms with Crippen LogP contribution in [0.5, 0.6) is 11.6 Å². The van der Waals surface area contributed by atoms with E-state index in [0.29, 0.717) is 10.9 Å². The van der Waals surface area contributed by atoms with Crippen LogP contribution in [0.3, 0.4) is 0 Å². The molecule has 0 aliphatic heterocycles. The minimum Gasteiger partial charge on any atom is -0.491 e. The number of nitrogens with zero attached hydrogens (tertiary/aromatic N) is 2. The quantitative estimate of drug-likeness (QED) is 0.644. The summed E-state index contributed by atoms with van der Waals surface area (Å²) < 4.78 is 11.1. The maximum atomic E-state index is 6.22. The fourth-order valence-electron chi connectivity index (χ4n) is 2.49. The lowest BCUT2D eigenvalue weighted by Gasteiger charge is -2.14. The molecule has 4 nitrogen and oxygen atoms in total. The zero-order valence-electron chi connectivity index (χ0n) is 13.9. The number of methoxy groups -OCH3 is 1. The van der Waals surface area contributed by atoms with Crippen molar-refractivity contribution < 1.29 is 9.47 Å². The highest BCUT2D eigenvalue weighted by Crippen LogP contribution is 2.33. The first kappa shape index (κ1) is 16.5. The van der Waals surface area contributed by atoms with Crippen molar-refractivity contribution in [1.29, 1.82) is 0 Å². The van der Waals surface area contributed by atoms with Gasteiger partial charge in [0.2, 0.25) is 5.88 Å². The molecular formula is C19H19ClN2O2. The van der Waals surface area contributed by atoms with Crippen molar-refractivity contribution in [3.8, 4) is 22.8 Å². The molecule has 0 aliphatic carbocycles. The molecule has 0 bridgehead atoms. The van der Waals surface area contributed by atoms with E-state index < -0.39 is 0 Å². The van der Waals surface area contributed by atoms with Crippen LogP contribution in [0.2, 0.25) is 5.02 Å². The van der Waals surface area contributed by atoms with Crippen LogP contribution >= 0.6 is 11.6 Å². The van der Waals surface area contributed by atoms with E-state index in [0.717, 1.165) is 34.2 Å². The Kier molecular flexibility index (Phi) is 4.86. The Labute approximate surface area is 146 Å². The lowest BCUT2D eigenvalue weighted by Crippen LogP contribution is -2.09. The molecule has 0 saturated heterocycles. The summed E-state index contributed by atoms with van der Waals surface area (Å²) in [5, 5.41) is 1.48. The molecule has 0 saturated carbocycles. The van der Waals surface area contributed by atoms with E-state index >= 15 is 0 Å². The second-order valence-electron chi connectivity index (χ2n) is 5.59. The first-order valence-corrected chi connectivity index (χ1v) is 8.25. The van der Waals surface area contributed by atoms with Crippen LogP contribution in [-0.2, 0) is 0 Å². The summed E-state index contributed by atoms with van der Waals surface area (Å²) >= 11 is 6.22. The molecule has 1 atom stereocenters. The van der Waals surface area contributed by atoms with Gasteiger partial charge in [-0.05, 0) is 49.2 Å². The van der Waals surface area contributed by atoms with Gasteiger partial charge >= 0.3 is 0 Å². The summed E-state index contributed by atoms with van der Waals surface area (Å²) in [6.45, 7) is 4.16. The summed E-state index contributed by atoms with van der Waals surface area (Å²) in [6.07, 6.45) is 4.66. The molecule has 0 amide bonds. The molecule has 0 radical (unpaired) electrons. The van der Waals surface area contributed by atoms with Gasteiger partial charge in [0, 0.05) is 23.3 Å². The average Bonchev–Trinajstić information content (AvgIpc) is 2.61. The normalized spacial score (nSPS) is 12.2. The molecule has 2 aromatic heterocycles. The van der Waals surface area contributed by atoms with Gasteiger partial charge in [-0.15, -0.1) is 0 Å². The molecule has 0 N–H and O–H groups in total. The van der Waals surface area contributed by atoms with E-state index in [4.69, 9.17) is 21.1 Å². The predicted octanol–water partition coefficient (Wildman–Crippen LogP) is 5.14. The number of halogens is 1. The van der Waals surface area contributed by atoms with Crippen LogP contribution in [0.15, 0.2) is 42.7 Å². The molecule has 3 rings (SSSR count). The summed E-state index contributed by atoms with van der Waals surface area (Å²) in [6, 6.07) is 9.74. The molecule has 0 aliphatic rings. The van der Waals surface area contributed by atoms with Crippen molar-refractivity contribution in [2.45, 2.75) is 26.4 Å². The average molecular weight is 343 g/mol. The number of pyridine rings is 2. The smallest absolute Gasteiger partial charge is 0.232 e. The van der Waals surface area contributed by atoms with Crippen molar-refractivity contribution in [3.05, 3.63) is 47.7 Å². The summed E-state index contributed by atoms with van der Waals surface area (Å²) in [7, 11) is 1.55. The van der Waals surface area contributed by atoms with Gasteiger partial charge in [0.15, 0.2) is 0 Å². The molecule has 1 unspecified atom stereocenters. The molecule has 2 heterocycles. The van der Waals surface area contributed by atoms with Crippen LogP contribution in [0.25, 0.3) is 22.0 Å². The molecule has 1 aromatic carbocycles. The van der Waals surface area contributed by atoms with Crippen molar-refractivity contribution in [3.63, 3.8) is 0 Å². The van der Waals surface area contributed by atoms with Gasteiger partial charge < -0.3 is 9.47 Å². The van der Waals surface area contributed by atoms with E-state index in [9.17, 15) is 0 Å². The highest BCUT2D eigenvalue weighted by atomic mass is 35.5. The van der Waals surface area contributed by atoms with Gasteiger partial charge in [-0.1, -0.05) is 18.5 Å². The largest absolute Gasteiger partial charge is 0.491 e. The number of aromatic nitrogens is 2. The van der Waals surface area contributed by atoms with Gasteiger partial charge in [0.1, 0.15) is 10.8 Å². The van der Waals surface area contributed by atoms with Gasteiger partial charge in [-0.2, -0.15) is 0 Å². The number of fused-ring (bicyclic) bond motifs is 1. The molecule has 3 aromatic rings. The Bertz CT molecular complexity index is 867. The van der Waals surface area contributed by atoms with Gasteiger partial charge in [-0.25, -0.2) is 4.98 Å². The van der Waals surface area contributed by atoms with Crippen LogP contribution in [-0.4, -0.2) is 23.2 Å². The molecule has 0 spiro atoms. The minimum absolute atomic E-state index is 0.166. The fourth-order valence-corrected chi connectivity index (χ4v) is 2.73. The number of ether oxygens (including phenoxy) is 2. The number of benzene rings is 1. The minimum atomic E-state index is 0.166. The van der Waals surface area contributed by atoms with E-state index in [-0.39, 0.29) is 6.10 Å². The van der Waals surface area contributed by atoms with Crippen molar-refractivity contribution in [2.24, 2.45) is 0 Å². The third-order valence-corrected chi connectivity index (χ3v) is 4.21. The third-order valence-electron chi connectivity index (χ3n) is 3.94. The highest BCUT2D eigenvalue weighted by molar-refractivity contribution is 6.32. The molecule has 124 valence electrons. The van der Waals surface area contributed by atoms with Crippen LogP contribution < -0.4 is 9.47 Å². The molecule has 5 heteroatoms. The molecule has 0 fully saturated rings. The lowest BCUT2D eigenvalue weighted by atomic mass is 10.0. The Morgan fingerprint density at radius 1 is 1.17 bits per heavy atom. The SMILES string of the molecule is CCC(C)Oc1ccc2nccc(-c3cnc(OC)c(Cl)c3)c2c1. The van der Waals surface area contributed by atoms with Crippen molar-refractivity contribution in [2.75, 3.05) is 7.11 Å². The summed E-state index contributed by atoms with van der Waals surface area (Å²) in [5.74, 6) is 1.25. The monoisotopic (exact) mass is 342 g/mol. The first-order valence-electron chi connectivity index (χ1n) is 7.87. The van der Waals surface area contributed by atoms with E-state index in [1.165, 1.54) is 0 Å². The standard InChI is InChI=1S/C19H19ClN2O2/c1-4-12(2)24-14-5-6-18-16(10-14)15(7-8-21-18)13-9-17(20)19(23-3)22-11-13/h5-12H,4H2,1-3H3. The number of hydrogen-bond acceptors (Lipinski definition) is 4. The Hall–Kier alpha value is -2.33. The summed E-state index contributed by atoms with van der Waals surface area (Å²) in [5.41, 5.74) is 2.82. The summed E-state index contributed by atoms with van der Waals surface area (Å²) in [4.78, 5) is 8.69. The van der Waals surface area contributed by atoms with Crippen molar-refractivity contribution in [1.82, 2.24) is 9.97 Å². The second-order valence-corrected chi connectivity index (χ2v) is 6.00. The Morgan fingerprint density at radius 2 is 2.00 bits per heavy atom. The third kappa shape index (κ3) is 3.29. The number of rotatable bonds is 5. The van der Waals surface area contributed by atoms with Gasteiger partial charge in [0.25, 0.3) is 0 Å². The molecular weight excluding hydrogens is 324 g/mol. The highest BCUT2D eigenvalue weighted by Gasteiger charge is 2.10. The van der Waals surface area contributed by atoms with E-state index in [1.54, 1.807) is 19.5 Å². The zero-order chi connectivity index (χ0) is 17.1. The van der Waals surface area contributed by atoms with Gasteiger partial charge in [0.05, 0.1) is 18.7 Å². The maximum Gasteiger partial charge on any atom is 0.232 e. The van der Waals surface area contributed by atoms with Crippen LogP contribution in [0.4, 0.5) is 0 Å². The van der Waals surface area contributed by atoms with Gasteiger partial charge in [-0.3, -0.25) is 4.98 Å². The maximum absolute atomic E-state index is 6.22. The number of hydrogen-bond donors (Lipinski definition) is 0. The van der Waals surface area contributed by atoms with E-state index in [1.807, 2.05) is 30.3 Å². The Balaban J connectivity index is 2.10. The second kappa shape index (κ2) is 7.05.